The summed E-state index contributed by atoms with van der Waals surface area (Å²) in [5.41, 5.74) is 7.01. The third-order valence-corrected chi connectivity index (χ3v) is 2.41. The van der Waals surface area contributed by atoms with Crippen molar-refractivity contribution in [3.8, 4) is 0 Å². The van der Waals surface area contributed by atoms with Gasteiger partial charge in [-0.2, -0.15) is 0 Å². The Kier molecular flexibility index (Phi) is 1.86. The lowest BCUT2D eigenvalue weighted by Crippen LogP contribution is -2.39. The van der Waals surface area contributed by atoms with Gasteiger partial charge in [0.25, 0.3) is 5.85 Å². The van der Waals surface area contributed by atoms with E-state index in [2.05, 4.69) is 0 Å². The summed E-state index contributed by atoms with van der Waals surface area (Å²) < 4.78 is 19.2. The molecule has 0 fully saturated rings. The Hall–Kier alpha value is -0.930. The first-order valence-electron chi connectivity index (χ1n) is 4.31. The Morgan fingerprint density at radius 2 is 2.23 bits per heavy atom. The first-order chi connectivity index (χ1) is 6.14. The highest BCUT2D eigenvalue weighted by atomic mass is 19.2. The summed E-state index contributed by atoms with van der Waals surface area (Å²) in [6.07, 6.45) is 0. The second kappa shape index (κ2) is 2.79. The molecule has 2 nitrogen and oxygen atoms in total. The Bertz CT molecular complexity index is 326. The van der Waals surface area contributed by atoms with Gasteiger partial charge in [-0.3, -0.25) is 0 Å². The lowest BCUT2D eigenvalue weighted by Gasteiger charge is -2.23. The number of alkyl halides is 1. The van der Waals surface area contributed by atoms with Crippen LogP contribution in [0.1, 0.15) is 18.1 Å². The normalized spacial score (nSPS) is 28.5. The topological polar surface area (TPSA) is 35.2 Å². The summed E-state index contributed by atoms with van der Waals surface area (Å²) in [6, 6.07) is 6.61. The van der Waals surface area contributed by atoms with Crippen molar-refractivity contribution in [3.63, 3.8) is 0 Å². The predicted molar refractivity (Wildman–Crippen MR) is 47.7 cm³/mol. The van der Waals surface area contributed by atoms with Crippen molar-refractivity contribution in [1.29, 1.82) is 0 Å². The van der Waals surface area contributed by atoms with Crippen LogP contribution in [0.3, 0.4) is 0 Å². The van der Waals surface area contributed by atoms with E-state index < -0.39 is 11.9 Å². The summed E-state index contributed by atoms with van der Waals surface area (Å²) in [5.74, 6) is -1.80. The second-order valence-electron chi connectivity index (χ2n) is 3.38. The standard InChI is InChI=1S/C10H12FNO/c1-7(12)10(11)9-5-3-2-4-8(9)6-13-10/h2-5,7H,6,12H2,1H3/t7-,10-/m1/s1. The highest BCUT2D eigenvalue weighted by molar-refractivity contribution is 5.34. The molecule has 0 aliphatic carbocycles. The average molecular weight is 181 g/mol. The van der Waals surface area contributed by atoms with Crippen molar-refractivity contribution in [3.05, 3.63) is 35.4 Å². The van der Waals surface area contributed by atoms with Crippen LogP contribution in [0.5, 0.6) is 0 Å². The Labute approximate surface area is 76.5 Å². The zero-order valence-electron chi connectivity index (χ0n) is 7.46. The SMILES string of the molecule is C[C@@H](N)[C@@]1(F)OCc2ccccc21. The van der Waals surface area contributed by atoms with E-state index in [1.54, 1.807) is 19.1 Å². The molecule has 0 radical (unpaired) electrons. The molecule has 3 heteroatoms. The van der Waals surface area contributed by atoms with Crippen LogP contribution in [0.15, 0.2) is 24.3 Å². The number of rotatable bonds is 1. The highest BCUT2D eigenvalue weighted by Gasteiger charge is 2.43. The molecule has 1 aliphatic heterocycles. The van der Waals surface area contributed by atoms with Gasteiger partial charge in [-0.1, -0.05) is 24.3 Å². The van der Waals surface area contributed by atoms with Gasteiger partial charge in [-0.05, 0) is 12.5 Å². The van der Waals surface area contributed by atoms with Crippen LogP contribution in [0, 0.1) is 0 Å². The van der Waals surface area contributed by atoms with E-state index in [0.29, 0.717) is 12.2 Å². The van der Waals surface area contributed by atoms with Gasteiger partial charge in [0.1, 0.15) is 0 Å². The van der Waals surface area contributed by atoms with Crippen LogP contribution in [-0.2, 0) is 17.2 Å². The smallest absolute Gasteiger partial charge is 0.251 e. The van der Waals surface area contributed by atoms with Crippen molar-refractivity contribution in [2.75, 3.05) is 0 Å². The van der Waals surface area contributed by atoms with E-state index in [1.807, 2.05) is 12.1 Å². The van der Waals surface area contributed by atoms with E-state index in [0.717, 1.165) is 5.56 Å². The van der Waals surface area contributed by atoms with E-state index in [4.69, 9.17) is 10.5 Å². The van der Waals surface area contributed by atoms with Gasteiger partial charge < -0.3 is 10.5 Å². The van der Waals surface area contributed by atoms with Gasteiger partial charge in [0.05, 0.1) is 12.6 Å². The quantitative estimate of drug-likeness (QED) is 0.715. The molecule has 0 saturated carbocycles. The van der Waals surface area contributed by atoms with Crippen LogP contribution in [-0.4, -0.2) is 6.04 Å². The molecule has 0 bridgehead atoms. The fourth-order valence-corrected chi connectivity index (χ4v) is 1.62. The van der Waals surface area contributed by atoms with Crippen LogP contribution in [0.2, 0.25) is 0 Å². The Morgan fingerprint density at radius 3 is 2.92 bits per heavy atom. The molecule has 2 N–H and O–H groups in total. The molecular formula is C10H12FNO. The van der Waals surface area contributed by atoms with Gasteiger partial charge in [-0.25, -0.2) is 4.39 Å². The van der Waals surface area contributed by atoms with Gasteiger partial charge >= 0.3 is 0 Å². The molecule has 0 amide bonds. The zero-order chi connectivity index (χ0) is 9.47. The molecule has 1 aromatic rings. The fourth-order valence-electron chi connectivity index (χ4n) is 1.62. The summed E-state index contributed by atoms with van der Waals surface area (Å²) in [7, 11) is 0. The number of halogens is 1. The number of fused-ring (bicyclic) bond motifs is 1. The minimum absolute atomic E-state index is 0.314. The maximum atomic E-state index is 14.1. The van der Waals surface area contributed by atoms with Crippen molar-refractivity contribution < 1.29 is 9.13 Å². The maximum absolute atomic E-state index is 14.1. The molecule has 1 aromatic carbocycles. The molecule has 70 valence electrons. The highest BCUT2D eigenvalue weighted by Crippen LogP contribution is 2.39. The van der Waals surface area contributed by atoms with E-state index in [9.17, 15) is 4.39 Å². The van der Waals surface area contributed by atoms with Gasteiger partial charge in [0.15, 0.2) is 0 Å². The largest absolute Gasteiger partial charge is 0.336 e. The first-order valence-corrected chi connectivity index (χ1v) is 4.31. The maximum Gasteiger partial charge on any atom is 0.251 e. The Morgan fingerprint density at radius 1 is 1.54 bits per heavy atom. The lowest BCUT2D eigenvalue weighted by molar-refractivity contribution is -0.154. The number of nitrogens with two attached hydrogens (primary N) is 1. The zero-order valence-corrected chi connectivity index (χ0v) is 7.46. The summed E-state index contributed by atoms with van der Waals surface area (Å²) in [6.45, 7) is 1.93. The molecule has 2 atom stereocenters. The fraction of sp³-hybridized carbons (Fsp3) is 0.400. The average Bonchev–Trinajstić information content (AvgIpc) is 2.47. The summed E-state index contributed by atoms with van der Waals surface area (Å²) in [4.78, 5) is 0. The van der Waals surface area contributed by atoms with Crippen molar-refractivity contribution >= 4 is 0 Å². The number of hydrogen-bond donors (Lipinski definition) is 1. The molecule has 0 unspecified atom stereocenters. The number of benzene rings is 1. The van der Waals surface area contributed by atoms with Crippen LogP contribution >= 0.6 is 0 Å². The molecule has 13 heavy (non-hydrogen) atoms. The Balaban J connectivity index is 2.49. The molecular weight excluding hydrogens is 169 g/mol. The lowest BCUT2D eigenvalue weighted by atomic mass is 9.99. The van der Waals surface area contributed by atoms with Crippen LogP contribution < -0.4 is 5.73 Å². The van der Waals surface area contributed by atoms with Crippen LogP contribution in [0.4, 0.5) is 4.39 Å². The minimum atomic E-state index is -1.80. The van der Waals surface area contributed by atoms with Gasteiger partial charge in [0, 0.05) is 5.56 Å². The number of ether oxygens (including phenoxy) is 1. The van der Waals surface area contributed by atoms with Gasteiger partial charge in [0.2, 0.25) is 0 Å². The van der Waals surface area contributed by atoms with Crippen molar-refractivity contribution in [2.45, 2.75) is 25.4 Å². The third-order valence-electron chi connectivity index (χ3n) is 2.41. The molecule has 1 heterocycles. The molecule has 0 aromatic heterocycles. The van der Waals surface area contributed by atoms with Gasteiger partial charge in [-0.15, -0.1) is 0 Å². The van der Waals surface area contributed by atoms with Crippen molar-refractivity contribution in [2.24, 2.45) is 5.73 Å². The van der Waals surface area contributed by atoms with Crippen molar-refractivity contribution in [1.82, 2.24) is 0 Å². The summed E-state index contributed by atoms with van der Waals surface area (Å²) >= 11 is 0. The van der Waals surface area contributed by atoms with E-state index in [1.165, 1.54) is 0 Å². The molecule has 1 aliphatic rings. The molecule has 0 saturated heterocycles. The second-order valence-corrected chi connectivity index (χ2v) is 3.38. The molecule has 2 rings (SSSR count). The predicted octanol–water partition coefficient (Wildman–Crippen LogP) is 1.69. The minimum Gasteiger partial charge on any atom is -0.336 e. The third kappa shape index (κ3) is 1.16. The summed E-state index contributed by atoms with van der Waals surface area (Å²) in [5, 5.41) is 0. The van der Waals surface area contributed by atoms with E-state index >= 15 is 0 Å². The van der Waals surface area contributed by atoms with E-state index in [-0.39, 0.29) is 0 Å². The monoisotopic (exact) mass is 181 g/mol. The number of hydrogen-bond acceptors (Lipinski definition) is 2. The molecule has 0 spiro atoms. The first kappa shape index (κ1) is 8.66. The van der Waals surface area contributed by atoms with Crippen LogP contribution in [0.25, 0.3) is 0 Å².